The Morgan fingerprint density at radius 3 is 2.17 bits per heavy atom. The molecule has 4 rings (SSSR count). The van der Waals surface area contributed by atoms with E-state index in [1.807, 2.05) is 25.1 Å². The number of nitrogens with one attached hydrogen (secondary N) is 2. The molecule has 7 heteroatoms. The van der Waals surface area contributed by atoms with Crippen LogP contribution in [0.4, 0.5) is 28.8 Å². The van der Waals surface area contributed by atoms with Crippen molar-refractivity contribution >= 4 is 28.8 Å². The smallest absolute Gasteiger partial charge is 0.229 e. The van der Waals surface area contributed by atoms with E-state index in [2.05, 4.69) is 67.8 Å². The van der Waals surface area contributed by atoms with Crippen molar-refractivity contribution in [3.63, 3.8) is 0 Å². The summed E-state index contributed by atoms with van der Waals surface area (Å²) in [6.45, 7) is 6.22. The standard InChI is InChI=1S/C23H25N7/c1-17-15-22(26-19-5-3-18(16-24)4-6-19)28-23(25-17)27-20-7-9-21(10-8-20)30-13-11-29(2)12-14-30/h3-10,15H,11-14H2,1-2H3,(H2,25,26,27,28). The fourth-order valence-electron chi connectivity index (χ4n) is 3.41. The Bertz CT molecular complexity index is 1030. The van der Waals surface area contributed by atoms with E-state index in [9.17, 15) is 0 Å². The number of hydrogen-bond acceptors (Lipinski definition) is 7. The van der Waals surface area contributed by atoms with Crippen LogP contribution in [0.3, 0.4) is 0 Å². The fourth-order valence-corrected chi connectivity index (χ4v) is 3.41. The summed E-state index contributed by atoms with van der Waals surface area (Å²) in [5, 5.41) is 15.5. The third-order valence-electron chi connectivity index (χ3n) is 5.13. The summed E-state index contributed by atoms with van der Waals surface area (Å²) in [7, 11) is 2.16. The van der Waals surface area contributed by atoms with Crippen LogP contribution in [0.2, 0.25) is 0 Å². The molecule has 0 atom stereocenters. The molecule has 0 radical (unpaired) electrons. The second-order valence-electron chi connectivity index (χ2n) is 7.49. The first-order valence-corrected chi connectivity index (χ1v) is 10.0. The Kier molecular flexibility index (Phi) is 5.77. The van der Waals surface area contributed by atoms with Gasteiger partial charge in [0, 0.05) is 55.0 Å². The Morgan fingerprint density at radius 1 is 0.867 bits per heavy atom. The van der Waals surface area contributed by atoms with E-state index in [0.717, 1.165) is 43.2 Å². The SMILES string of the molecule is Cc1cc(Nc2ccc(C#N)cc2)nc(Nc2ccc(N3CCN(C)CC3)cc2)n1. The summed E-state index contributed by atoms with van der Waals surface area (Å²) in [6, 6.07) is 19.7. The molecule has 0 amide bonds. The topological polar surface area (TPSA) is 80.1 Å². The van der Waals surface area contributed by atoms with Crippen LogP contribution in [0.25, 0.3) is 0 Å². The average Bonchev–Trinajstić information content (AvgIpc) is 2.75. The first kappa shape index (κ1) is 19.7. The van der Waals surface area contributed by atoms with Gasteiger partial charge in [-0.3, -0.25) is 0 Å². The quantitative estimate of drug-likeness (QED) is 0.673. The van der Waals surface area contributed by atoms with Crippen LogP contribution in [0.15, 0.2) is 54.6 Å². The van der Waals surface area contributed by atoms with Gasteiger partial charge in [-0.2, -0.15) is 10.2 Å². The summed E-state index contributed by atoms with van der Waals surface area (Å²) >= 11 is 0. The van der Waals surface area contributed by atoms with Gasteiger partial charge in [0.25, 0.3) is 0 Å². The van der Waals surface area contributed by atoms with E-state index < -0.39 is 0 Å². The highest BCUT2D eigenvalue weighted by Crippen LogP contribution is 2.23. The van der Waals surface area contributed by atoms with Crippen molar-refractivity contribution in [1.29, 1.82) is 5.26 Å². The molecule has 7 nitrogen and oxygen atoms in total. The predicted octanol–water partition coefficient (Wildman–Crippen LogP) is 3.90. The maximum Gasteiger partial charge on any atom is 0.229 e. The van der Waals surface area contributed by atoms with Crippen LogP contribution in [-0.4, -0.2) is 48.1 Å². The first-order valence-electron chi connectivity index (χ1n) is 10.0. The molecule has 1 aromatic heterocycles. The Balaban J connectivity index is 1.44. The molecular formula is C23H25N7. The first-order chi connectivity index (χ1) is 14.6. The molecular weight excluding hydrogens is 374 g/mol. The van der Waals surface area contributed by atoms with Gasteiger partial charge in [0.2, 0.25) is 5.95 Å². The van der Waals surface area contributed by atoms with Gasteiger partial charge < -0.3 is 20.4 Å². The van der Waals surface area contributed by atoms with E-state index in [1.165, 1.54) is 5.69 Å². The molecule has 2 heterocycles. The average molecular weight is 400 g/mol. The van der Waals surface area contributed by atoms with Crippen LogP contribution in [0.5, 0.6) is 0 Å². The van der Waals surface area contributed by atoms with Gasteiger partial charge in [-0.25, -0.2) is 4.98 Å². The monoisotopic (exact) mass is 399 g/mol. The highest BCUT2D eigenvalue weighted by Gasteiger charge is 2.14. The molecule has 1 aliphatic heterocycles. The number of anilines is 5. The molecule has 1 saturated heterocycles. The van der Waals surface area contributed by atoms with Gasteiger partial charge >= 0.3 is 0 Å². The van der Waals surface area contributed by atoms with Crippen LogP contribution in [0.1, 0.15) is 11.3 Å². The second-order valence-corrected chi connectivity index (χ2v) is 7.49. The highest BCUT2D eigenvalue weighted by atomic mass is 15.2. The molecule has 1 fully saturated rings. The molecule has 1 aliphatic rings. The molecule has 0 spiro atoms. The lowest BCUT2D eigenvalue weighted by molar-refractivity contribution is 0.313. The fraction of sp³-hybridized carbons (Fsp3) is 0.261. The van der Waals surface area contributed by atoms with Crippen LogP contribution in [0, 0.1) is 18.3 Å². The summed E-state index contributed by atoms with van der Waals surface area (Å²) in [5.74, 6) is 1.24. The molecule has 0 saturated carbocycles. The van der Waals surface area contributed by atoms with E-state index in [-0.39, 0.29) is 0 Å². The lowest BCUT2D eigenvalue weighted by atomic mass is 10.2. The molecule has 30 heavy (non-hydrogen) atoms. The molecule has 0 bridgehead atoms. The molecule has 152 valence electrons. The van der Waals surface area contributed by atoms with Crippen molar-refractivity contribution in [2.75, 3.05) is 48.8 Å². The number of likely N-dealkylation sites (N-methyl/N-ethyl adjacent to an activating group) is 1. The van der Waals surface area contributed by atoms with Gasteiger partial charge in [0.15, 0.2) is 0 Å². The summed E-state index contributed by atoms with van der Waals surface area (Å²) in [4.78, 5) is 13.8. The molecule has 0 aliphatic carbocycles. The van der Waals surface area contributed by atoms with Crippen molar-refractivity contribution in [2.45, 2.75) is 6.92 Å². The van der Waals surface area contributed by atoms with E-state index in [1.54, 1.807) is 12.1 Å². The van der Waals surface area contributed by atoms with E-state index in [4.69, 9.17) is 5.26 Å². The normalized spacial score (nSPS) is 14.2. The van der Waals surface area contributed by atoms with Gasteiger partial charge in [-0.05, 0) is 62.5 Å². The lowest BCUT2D eigenvalue weighted by Crippen LogP contribution is -2.44. The van der Waals surface area contributed by atoms with Crippen molar-refractivity contribution in [2.24, 2.45) is 0 Å². The van der Waals surface area contributed by atoms with Gasteiger partial charge in [-0.15, -0.1) is 0 Å². The third kappa shape index (κ3) is 4.85. The van der Waals surface area contributed by atoms with Crippen molar-refractivity contribution in [1.82, 2.24) is 14.9 Å². The zero-order valence-corrected chi connectivity index (χ0v) is 17.3. The minimum absolute atomic E-state index is 0.540. The molecule has 0 unspecified atom stereocenters. The largest absolute Gasteiger partial charge is 0.369 e. The van der Waals surface area contributed by atoms with Crippen molar-refractivity contribution in [3.05, 3.63) is 65.9 Å². The summed E-state index contributed by atoms with van der Waals surface area (Å²) in [6.07, 6.45) is 0. The highest BCUT2D eigenvalue weighted by molar-refractivity contribution is 5.62. The van der Waals surface area contributed by atoms with Gasteiger partial charge in [-0.1, -0.05) is 0 Å². The third-order valence-corrected chi connectivity index (χ3v) is 5.13. The number of piperazine rings is 1. The molecule has 3 aromatic rings. The molecule has 2 aromatic carbocycles. The van der Waals surface area contributed by atoms with Crippen LogP contribution >= 0.6 is 0 Å². The number of benzene rings is 2. The Labute approximate surface area is 177 Å². The second kappa shape index (κ2) is 8.80. The van der Waals surface area contributed by atoms with Crippen molar-refractivity contribution < 1.29 is 0 Å². The number of nitrogens with zero attached hydrogens (tertiary/aromatic N) is 5. The van der Waals surface area contributed by atoms with E-state index >= 15 is 0 Å². The van der Waals surface area contributed by atoms with Crippen LogP contribution < -0.4 is 15.5 Å². The summed E-state index contributed by atoms with van der Waals surface area (Å²) < 4.78 is 0. The number of aromatic nitrogens is 2. The number of hydrogen-bond donors (Lipinski definition) is 2. The Hall–Kier alpha value is -3.63. The van der Waals surface area contributed by atoms with Crippen molar-refractivity contribution in [3.8, 4) is 6.07 Å². The predicted molar refractivity (Wildman–Crippen MR) is 121 cm³/mol. The molecule has 2 N–H and O–H groups in total. The maximum absolute atomic E-state index is 8.93. The van der Waals surface area contributed by atoms with Gasteiger partial charge in [0.05, 0.1) is 11.6 Å². The number of aryl methyl sites for hydroxylation is 1. The zero-order chi connectivity index (χ0) is 20.9. The lowest BCUT2D eigenvalue weighted by Gasteiger charge is -2.34. The maximum atomic E-state index is 8.93. The zero-order valence-electron chi connectivity index (χ0n) is 17.3. The van der Waals surface area contributed by atoms with Crippen LogP contribution in [-0.2, 0) is 0 Å². The Morgan fingerprint density at radius 2 is 1.50 bits per heavy atom. The van der Waals surface area contributed by atoms with E-state index in [0.29, 0.717) is 17.3 Å². The number of nitriles is 1. The van der Waals surface area contributed by atoms with Gasteiger partial charge in [0.1, 0.15) is 5.82 Å². The summed E-state index contributed by atoms with van der Waals surface area (Å²) in [5.41, 5.74) is 4.54. The number of rotatable bonds is 5. The minimum Gasteiger partial charge on any atom is -0.369 e. The minimum atomic E-state index is 0.540.